The summed E-state index contributed by atoms with van der Waals surface area (Å²) < 4.78 is 6.14. The van der Waals surface area contributed by atoms with Gasteiger partial charge in [-0.3, -0.25) is 14.9 Å². The van der Waals surface area contributed by atoms with Gasteiger partial charge in [-0.15, -0.1) is 24.8 Å². The number of ether oxygens (including phenoxy) is 1. The molecule has 1 heterocycles. The highest BCUT2D eigenvalue weighted by Gasteiger charge is 2.15. The molecule has 0 aliphatic carbocycles. The monoisotopic (exact) mass is 312 g/mol. The summed E-state index contributed by atoms with van der Waals surface area (Å²) in [4.78, 5) is 26.4. The molecule has 1 amide bonds. The fourth-order valence-corrected chi connectivity index (χ4v) is 1.23. The second-order valence-corrected chi connectivity index (χ2v) is 3.58. The van der Waals surface area contributed by atoms with Gasteiger partial charge in [0.05, 0.1) is 7.11 Å². The van der Waals surface area contributed by atoms with Gasteiger partial charge in [-0.25, -0.2) is 4.98 Å². The van der Waals surface area contributed by atoms with Crippen molar-refractivity contribution in [3.8, 4) is 0 Å². The van der Waals surface area contributed by atoms with Crippen molar-refractivity contribution in [3.05, 3.63) is 12.4 Å². The molecule has 7 nitrogen and oxygen atoms in total. The van der Waals surface area contributed by atoms with Crippen molar-refractivity contribution in [2.24, 2.45) is 12.8 Å². The Balaban J connectivity index is 0. The fraction of sp³-hybridized carbons (Fsp3) is 0.500. The van der Waals surface area contributed by atoms with Crippen LogP contribution in [0.25, 0.3) is 0 Å². The topological polar surface area (TPSA) is 99.2 Å². The number of carbonyl (C=O) groups is 2. The molecule has 0 saturated carbocycles. The predicted molar refractivity (Wildman–Crippen MR) is 75.6 cm³/mol. The van der Waals surface area contributed by atoms with Crippen molar-refractivity contribution >= 4 is 42.6 Å². The molecule has 110 valence electrons. The highest BCUT2D eigenvalue weighted by molar-refractivity contribution is 5.89. The van der Waals surface area contributed by atoms with Gasteiger partial charge in [0.15, 0.2) is 0 Å². The summed E-state index contributed by atoms with van der Waals surface area (Å²) in [5.74, 6) is -0.296. The number of halogens is 2. The summed E-state index contributed by atoms with van der Waals surface area (Å²) in [7, 11) is 3.03. The summed E-state index contributed by atoms with van der Waals surface area (Å²) in [5.41, 5.74) is 5.50. The molecule has 9 heteroatoms. The number of methoxy groups -OCH3 is 1. The molecule has 1 aromatic heterocycles. The van der Waals surface area contributed by atoms with E-state index in [2.05, 4.69) is 15.0 Å². The molecule has 0 fully saturated rings. The molecule has 19 heavy (non-hydrogen) atoms. The molecule has 0 radical (unpaired) electrons. The van der Waals surface area contributed by atoms with Crippen LogP contribution in [0.4, 0.5) is 5.95 Å². The molecule has 1 rings (SSSR count). The third-order valence-corrected chi connectivity index (χ3v) is 2.26. The predicted octanol–water partition coefficient (Wildman–Crippen LogP) is 0.483. The highest BCUT2D eigenvalue weighted by atomic mass is 35.5. The van der Waals surface area contributed by atoms with Crippen molar-refractivity contribution < 1.29 is 14.3 Å². The average Bonchev–Trinajstić information content (AvgIpc) is 2.71. The van der Waals surface area contributed by atoms with Gasteiger partial charge in [-0.05, 0) is 6.42 Å². The van der Waals surface area contributed by atoms with Crippen LogP contribution in [-0.4, -0.2) is 34.6 Å². The summed E-state index contributed by atoms with van der Waals surface area (Å²) in [6.45, 7) is 0. The zero-order chi connectivity index (χ0) is 12.8. The van der Waals surface area contributed by atoms with Gasteiger partial charge in [0.1, 0.15) is 6.04 Å². The van der Waals surface area contributed by atoms with Crippen LogP contribution in [-0.2, 0) is 21.4 Å². The normalized spacial score (nSPS) is 10.7. The molecular weight excluding hydrogens is 295 g/mol. The van der Waals surface area contributed by atoms with Crippen LogP contribution in [0.15, 0.2) is 12.4 Å². The Labute approximate surface area is 123 Å². The molecule has 1 atom stereocenters. The minimum Gasteiger partial charge on any atom is -0.468 e. The Bertz CT molecular complexity index is 411. The quantitative estimate of drug-likeness (QED) is 0.770. The number of rotatable bonds is 5. The molecule has 0 aliphatic heterocycles. The smallest absolute Gasteiger partial charge is 0.322 e. The van der Waals surface area contributed by atoms with E-state index in [1.165, 1.54) is 7.11 Å². The van der Waals surface area contributed by atoms with Gasteiger partial charge in [-0.2, -0.15) is 0 Å². The first-order valence-corrected chi connectivity index (χ1v) is 5.15. The standard InChI is InChI=1S/C10H16N4O3.2ClH/c1-14-6-5-12-10(14)13-8(15)4-3-7(11)9(16)17-2;;/h5-7H,3-4,11H2,1-2H3,(H,12,13,15);2*1H/t7-;;/m0../s1. The number of aryl methyl sites for hydroxylation is 1. The van der Waals surface area contributed by atoms with E-state index in [0.29, 0.717) is 5.95 Å². The Kier molecular flexibility index (Phi) is 10.1. The summed E-state index contributed by atoms with van der Waals surface area (Å²) in [6.07, 6.45) is 3.68. The van der Waals surface area contributed by atoms with Crippen LogP contribution in [0.2, 0.25) is 0 Å². The number of aromatic nitrogens is 2. The molecule has 1 aromatic rings. The van der Waals surface area contributed by atoms with E-state index < -0.39 is 12.0 Å². The lowest BCUT2D eigenvalue weighted by Gasteiger charge is -2.09. The second-order valence-electron chi connectivity index (χ2n) is 3.58. The third kappa shape index (κ3) is 6.42. The lowest BCUT2D eigenvalue weighted by molar-refractivity contribution is -0.142. The van der Waals surface area contributed by atoms with Gasteiger partial charge in [-0.1, -0.05) is 0 Å². The Morgan fingerprint density at radius 3 is 2.63 bits per heavy atom. The maximum Gasteiger partial charge on any atom is 0.322 e. The molecular formula is C10H18Cl2N4O3. The number of hydrogen-bond donors (Lipinski definition) is 2. The van der Waals surface area contributed by atoms with Crippen LogP contribution in [0.1, 0.15) is 12.8 Å². The maximum atomic E-state index is 11.5. The average molecular weight is 313 g/mol. The SMILES string of the molecule is COC(=O)[C@@H](N)CCC(=O)Nc1nccn1C.Cl.Cl. The Hall–Kier alpha value is -1.31. The first-order valence-electron chi connectivity index (χ1n) is 5.15. The number of hydrogen-bond acceptors (Lipinski definition) is 5. The van der Waals surface area contributed by atoms with Crippen molar-refractivity contribution in [2.45, 2.75) is 18.9 Å². The minimum atomic E-state index is -0.771. The van der Waals surface area contributed by atoms with Gasteiger partial charge in [0.25, 0.3) is 0 Å². The van der Waals surface area contributed by atoms with Gasteiger partial charge < -0.3 is 15.0 Å². The number of imidazole rings is 1. The van der Waals surface area contributed by atoms with E-state index in [9.17, 15) is 9.59 Å². The first kappa shape index (κ1) is 20.0. The molecule has 0 unspecified atom stereocenters. The largest absolute Gasteiger partial charge is 0.468 e. The van der Waals surface area contributed by atoms with E-state index in [1.54, 1.807) is 24.0 Å². The summed E-state index contributed by atoms with van der Waals surface area (Å²) in [6, 6.07) is -0.771. The number of anilines is 1. The molecule has 0 spiro atoms. The van der Waals surface area contributed by atoms with Crippen LogP contribution in [0, 0.1) is 0 Å². The number of carbonyl (C=O) groups excluding carboxylic acids is 2. The van der Waals surface area contributed by atoms with E-state index in [-0.39, 0.29) is 43.6 Å². The fourth-order valence-electron chi connectivity index (χ4n) is 1.23. The van der Waals surface area contributed by atoms with E-state index in [4.69, 9.17) is 5.73 Å². The molecule has 0 aromatic carbocycles. The maximum absolute atomic E-state index is 11.5. The Morgan fingerprint density at radius 1 is 1.53 bits per heavy atom. The minimum absolute atomic E-state index is 0. The van der Waals surface area contributed by atoms with Crippen LogP contribution in [0.3, 0.4) is 0 Å². The summed E-state index contributed by atoms with van der Waals surface area (Å²) in [5, 5.41) is 2.61. The zero-order valence-corrected chi connectivity index (χ0v) is 12.3. The number of amides is 1. The van der Waals surface area contributed by atoms with Crippen LogP contribution in [0.5, 0.6) is 0 Å². The van der Waals surface area contributed by atoms with Crippen LogP contribution >= 0.6 is 24.8 Å². The van der Waals surface area contributed by atoms with Crippen molar-refractivity contribution in [2.75, 3.05) is 12.4 Å². The van der Waals surface area contributed by atoms with Crippen molar-refractivity contribution in [3.63, 3.8) is 0 Å². The molecule has 3 N–H and O–H groups in total. The van der Waals surface area contributed by atoms with Crippen molar-refractivity contribution in [1.82, 2.24) is 9.55 Å². The van der Waals surface area contributed by atoms with Crippen molar-refractivity contribution in [1.29, 1.82) is 0 Å². The molecule has 0 saturated heterocycles. The molecule has 0 aliphatic rings. The van der Waals surface area contributed by atoms with Gasteiger partial charge >= 0.3 is 5.97 Å². The first-order chi connectivity index (χ1) is 8.04. The Morgan fingerprint density at radius 2 is 2.16 bits per heavy atom. The number of nitrogens with zero attached hydrogens (tertiary/aromatic N) is 2. The lowest BCUT2D eigenvalue weighted by Crippen LogP contribution is -2.32. The number of nitrogens with two attached hydrogens (primary N) is 1. The zero-order valence-electron chi connectivity index (χ0n) is 10.7. The van der Waals surface area contributed by atoms with Gasteiger partial charge in [0.2, 0.25) is 11.9 Å². The summed E-state index contributed by atoms with van der Waals surface area (Å²) >= 11 is 0. The van der Waals surface area contributed by atoms with E-state index >= 15 is 0 Å². The molecule has 0 bridgehead atoms. The van der Waals surface area contributed by atoms with E-state index in [1.807, 2.05) is 0 Å². The third-order valence-electron chi connectivity index (χ3n) is 2.26. The second kappa shape index (κ2) is 9.60. The lowest BCUT2D eigenvalue weighted by atomic mass is 10.1. The van der Waals surface area contributed by atoms with Crippen LogP contribution < -0.4 is 11.1 Å². The highest BCUT2D eigenvalue weighted by Crippen LogP contribution is 2.03. The van der Waals surface area contributed by atoms with E-state index in [0.717, 1.165) is 0 Å². The van der Waals surface area contributed by atoms with Gasteiger partial charge in [0, 0.05) is 25.9 Å². The number of nitrogens with one attached hydrogen (secondary N) is 1. The number of esters is 1.